The Bertz CT molecular complexity index is 1150. The summed E-state index contributed by atoms with van der Waals surface area (Å²) in [5.41, 5.74) is 0.0874. The Morgan fingerprint density at radius 1 is 1.16 bits per heavy atom. The summed E-state index contributed by atoms with van der Waals surface area (Å²) in [4.78, 5) is 54.8. The molecule has 2 saturated heterocycles. The molecule has 3 fully saturated rings. The second-order valence-electron chi connectivity index (χ2n) is 11.6. The van der Waals surface area contributed by atoms with Gasteiger partial charge in [-0.2, -0.15) is 0 Å². The van der Waals surface area contributed by atoms with Gasteiger partial charge in [0.25, 0.3) is 5.91 Å². The maximum atomic E-state index is 14.0. The third-order valence-electron chi connectivity index (χ3n) is 7.36. The van der Waals surface area contributed by atoms with Crippen molar-refractivity contribution in [2.45, 2.75) is 78.4 Å². The number of carboxylic acids is 1. The van der Waals surface area contributed by atoms with Crippen molar-refractivity contribution >= 4 is 40.9 Å². The van der Waals surface area contributed by atoms with Gasteiger partial charge in [-0.05, 0) is 64.9 Å². The maximum Gasteiger partial charge on any atom is 0.410 e. The third kappa shape index (κ3) is 6.49. The highest BCUT2D eigenvalue weighted by Crippen LogP contribution is 2.38. The number of thiophene rings is 1. The van der Waals surface area contributed by atoms with Crippen LogP contribution in [0, 0.1) is 29.1 Å². The summed E-state index contributed by atoms with van der Waals surface area (Å²) in [6.45, 7) is 9.16. The smallest absolute Gasteiger partial charge is 0.410 e. The van der Waals surface area contributed by atoms with E-state index in [0.29, 0.717) is 42.4 Å². The van der Waals surface area contributed by atoms with Gasteiger partial charge in [0.15, 0.2) is 6.10 Å². The Labute approximate surface area is 227 Å². The Balaban J connectivity index is 1.62. The largest absolute Gasteiger partial charge is 0.477 e. The van der Waals surface area contributed by atoms with Gasteiger partial charge in [0.2, 0.25) is 5.91 Å². The van der Waals surface area contributed by atoms with Crippen LogP contribution in [0.3, 0.4) is 0 Å². The molecule has 10 heteroatoms. The highest BCUT2D eigenvalue weighted by Gasteiger charge is 2.41. The van der Waals surface area contributed by atoms with Crippen LogP contribution < -0.4 is 10.2 Å². The molecule has 3 amide bonds. The summed E-state index contributed by atoms with van der Waals surface area (Å²) in [5.74, 6) is 5.10. The van der Waals surface area contributed by atoms with Crippen molar-refractivity contribution in [2.24, 2.45) is 17.3 Å². The zero-order valence-electron chi connectivity index (χ0n) is 22.5. The van der Waals surface area contributed by atoms with E-state index in [4.69, 9.17) is 4.74 Å². The van der Waals surface area contributed by atoms with E-state index < -0.39 is 24.2 Å². The molecule has 1 unspecified atom stereocenters. The first-order chi connectivity index (χ1) is 17.9. The summed E-state index contributed by atoms with van der Waals surface area (Å²) in [7, 11) is 0. The lowest BCUT2D eigenvalue weighted by Crippen LogP contribution is -2.47. The zero-order chi connectivity index (χ0) is 27.6. The minimum atomic E-state index is -1.11. The quantitative estimate of drug-likeness (QED) is 0.540. The number of nitrogens with zero attached hydrogens (tertiary/aromatic N) is 2. The number of hydrogen-bond acceptors (Lipinski definition) is 6. The number of likely N-dealkylation sites (tertiary alicyclic amines) is 1. The minimum Gasteiger partial charge on any atom is -0.477 e. The first-order valence-electron chi connectivity index (χ1n) is 13.4. The van der Waals surface area contributed by atoms with Crippen molar-refractivity contribution in [1.29, 1.82) is 0 Å². The number of amides is 3. The summed E-state index contributed by atoms with van der Waals surface area (Å²) in [6, 6.07) is 1.31. The molecule has 1 aliphatic carbocycles. The fraction of sp³-hybridized carbons (Fsp3) is 0.643. The van der Waals surface area contributed by atoms with Crippen molar-refractivity contribution in [1.82, 2.24) is 10.2 Å². The number of aromatic carboxylic acids is 1. The molecule has 3 heterocycles. The van der Waals surface area contributed by atoms with Gasteiger partial charge in [-0.3, -0.25) is 9.59 Å². The fourth-order valence-electron chi connectivity index (χ4n) is 5.22. The number of nitrogens with one attached hydrogen (secondary N) is 1. The number of anilines is 1. The van der Waals surface area contributed by atoms with Gasteiger partial charge in [0.05, 0.1) is 16.6 Å². The highest BCUT2D eigenvalue weighted by molar-refractivity contribution is 7.15. The molecular formula is C28H37N3O6S. The van der Waals surface area contributed by atoms with Gasteiger partial charge in [0, 0.05) is 37.4 Å². The zero-order valence-corrected chi connectivity index (χ0v) is 23.4. The predicted octanol–water partition coefficient (Wildman–Crippen LogP) is 4.10. The molecule has 1 saturated carbocycles. The SMILES string of the molecule is CC(C)(C)C#Cc1cc(N(C(=O)[C@H]2CC[C@H](C)CC2)[C@@H]2CCN(C(=O)OC3CCNC3=O)C2)c(C(=O)O)s1. The van der Waals surface area contributed by atoms with Crippen LogP contribution in [0.2, 0.25) is 0 Å². The summed E-state index contributed by atoms with van der Waals surface area (Å²) < 4.78 is 5.42. The Morgan fingerprint density at radius 2 is 1.87 bits per heavy atom. The van der Waals surface area contributed by atoms with Crippen LogP contribution in [0.1, 0.15) is 80.8 Å². The third-order valence-corrected chi connectivity index (χ3v) is 8.39. The van der Waals surface area contributed by atoms with Crippen molar-refractivity contribution < 1.29 is 29.0 Å². The number of carbonyl (C=O) groups is 4. The van der Waals surface area contributed by atoms with Crippen LogP contribution in [-0.4, -0.2) is 65.7 Å². The van der Waals surface area contributed by atoms with Crippen molar-refractivity contribution in [3.05, 3.63) is 15.8 Å². The van der Waals surface area contributed by atoms with Gasteiger partial charge < -0.3 is 25.0 Å². The maximum absolute atomic E-state index is 14.0. The van der Waals surface area contributed by atoms with Crippen LogP contribution in [-0.2, 0) is 14.3 Å². The molecule has 38 heavy (non-hydrogen) atoms. The van der Waals surface area contributed by atoms with Gasteiger partial charge in [-0.25, -0.2) is 9.59 Å². The Morgan fingerprint density at radius 3 is 2.47 bits per heavy atom. The monoisotopic (exact) mass is 543 g/mol. The van der Waals surface area contributed by atoms with E-state index in [1.807, 2.05) is 20.8 Å². The van der Waals surface area contributed by atoms with Crippen LogP contribution >= 0.6 is 11.3 Å². The number of ether oxygens (including phenoxy) is 1. The molecule has 2 atom stereocenters. The first kappa shape index (κ1) is 28.0. The van der Waals surface area contributed by atoms with E-state index in [1.54, 1.807) is 11.0 Å². The molecule has 206 valence electrons. The molecule has 2 N–H and O–H groups in total. The van der Waals surface area contributed by atoms with Crippen molar-refractivity contribution in [3.8, 4) is 11.8 Å². The number of hydrogen-bond donors (Lipinski definition) is 2. The average molecular weight is 544 g/mol. The van der Waals surface area contributed by atoms with E-state index in [0.717, 1.165) is 37.0 Å². The van der Waals surface area contributed by atoms with Gasteiger partial charge in [-0.1, -0.05) is 18.8 Å². The number of rotatable bonds is 5. The standard InChI is InChI=1S/C28H37N3O6S/c1-17-5-7-18(8-6-17)25(33)31(21-15-20(9-12-28(2,3)4)38-23(21)26(34)35)19-11-14-30(16-19)27(36)37-22-10-13-29-24(22)32/h15,17-19,22H,5-8,10-11,13-14,16H2,1-4H3,(H,29,32)(H,34,35)/t17-,18-,19-,22?/m1/s1. The number of carboxylic acid groups (broad SMARTS) is 1. The molecule has 2 aliphatic heterocycles. The molecule has 3 aliphatic rings. The predicted molar refractivity (Wildman–Crippen MR) is 144 cm³/mol. The second kappa shape index (κ2) is 11.4. The van der Waals surface area contributed by atoms with Gasteiger partial charge >= 0.3 is 12.1 Å². The topological polar surface area (TPSA) is 116 Å². The Kier molecular flexibility index (Phi) is 8.36. The molecule has 0 spiro atoms. The van der Waals surface area contributed by atoms with Crippen LogP contribution in [0.15, 0.2) is 6.07 Å². The molecule has 1 aromatic rings. The van der Waals surface area contributed by atoms with E-state index >= 15 is 0 Å². The molecule has 0 aromatic carbocycles. The van der Waals surface area contributed by atoms with Gasteiger partial charge in [0.1, 0.15) is 4.88 Å². The lowest BCUT2D eigenvalue weighted by atomic mass is 9.82. The second-order valence-corrected chi connectivity index (χ2v) is 12.7. The van der Waals surface area contributed by atoms with Crippen LogP contribution in [0.4, 0.5) is 10.5 Å². The summed E-state index contributed by atoms with van der Waals surface area (Å²) >= 11 is 1.07. The van der Waals surface area contributed by atoms with Crippen molar-refractivity contribution in [2.75, 3.05) is 24.5 Å². The van der Waals surface area contributed by atoms with E-state index in [1.165, 1.54) is 4.90 Å². The summed E-state index contributed by atoms with van der Waals surface area (Å²) in [5, 5.41) is 12.7. The summed E-state index contributed by atoms with van der Waals surface area (Å²) in [6.07, 6.45) is 2.95. The molecule has 0 bridgehead atoms. The molecule has 4 rings (SSSR count). The first-order valence-corrected chi connectivity index (χ1v) is 14.2. The van der Waals surface area contributed by atoms with Crippen molar-refractivity contribution in [3.63, 3.8) is 0 Å². The fourth-order valence-corrected chi connectivity index (χ4v) is 6.06. The average Bonchev–Trinajstić information content (AvgIpc) is 3.59. The lowest BCUT2D eigenvalue weighted by molar-refractivity contribution is -0.126. The molecule has 1 aromatic heterocycles. The minimum absolute atomic E-state index is 0.0735. The molecule has 0 radical (unpaired) electrons. The molecule has 9 nitrogen and oxygen atoms in total. The van der Waals surface area contributed by atoms with Crippen LogP contribution in [0.5, 0.6) is 0 Å². The normalized spacial score (nSPS) is 25.4. The van der Waals surface area contributed by atoms with E-state index in [-0.39, 0.29) is 34.6 Å². The molecular weight excluding hydrogens is 506 g/mol. The van der Waals surface area contributed by atoms with E-state index in [2.05, 4.69) is 24.1 Å². The van der Waals surface area contributed by atoms with E-state index in [9.17, 15) is 24.3 Å². The number of carbonyl (C=O) groups excluding carboxylic acids is 3. The lowest BCUT2D eigenvalue weighted by Gasteiger charge is -2.34. The van der Waals surface area contributed by atoms with Gasteiger partial charge in [-0.15, -0.1) is 11.3 Å². The highest BCUT2D eigenvalue weighted by atomic mass is 32.1. The Hall–Kier alpha value is -3.06. The van der Waals surface area contributed by atoms with Crippen LogP contribution in [0.25, 0.3) is 0 Å².